The number of rotatable bonds is 1. The molecule has 0 amide bonds. The molecular weight excluding hydrogens is 168 g/mol. The summed E-state index contributed by atoms with van der Waals surface area (Å²) in [6.07, 6.45) is 0. The second-order valence-electron chi connectivity index (χ2n) is 1.79. The van der Waals surface area contributed by atoms with Crippen LogP contribution in [0, 0.1) is 0 Å². The highest BCUT2D eigenvalue weighted by atomic mass is 35.5. The van der Waals surface area contributed by atoms with Crippen molar-refractivity contribution in [3.05, 3.63) is 17.3 Å². The van der Waals surface area contributed by atoms with Crippen LogP contribution in [0.5, 0.6) is 5.88 Å². The number of esters is 1. The van der Waals surface area contributed by atoms with Gasteiger partial charge >= 0.3 is 5.97 Å². The minimum absolute atomic E-state index is 0.155. The molecule has 1 aromatic rings. The van der Waals surface area contributed by atoms with Gasteiger partial charge in [0.1, 0.15) is 0 Å². The van der Waals surface area contributed by atoms with Crippen molar-refractivity contribution in [1.29, 1.82) is 0 Å². The zero-order chi connectivity index (χ0) is 8.27. The van der Waals surface area contributed by atoms with E-state index in [-0.39, 0.29) is 11.0 Å². The highest BCUT2D eigenvalue weighted by molar-refractivity contribution is 6.29. The first-order chi connectivity index (χ1) is 5.18. The van der Waals surface area contributed by atoms with Crippen LogP contribution in [0.2, 0.25) is 5.15 Å². The number of carbonyl (C=O) groups is 1. The van der Waals surface area contributed by atoms with E-state index in [1.165, 1.54) is 19.1 Å². The van der Waals surface area contributed by atoms with Gasteiger partial charge in [0.05, 0.1) is 0 Å². The van der Waals surface area contributed by atoms with E-state index >= 15 is 0 Å². The van der Waals surface area contributed by atoms with Crippen LogP contribution >= 0.6 is 11.6 Å². The molecule has 0 saturated heterocycles. The molecule has 0 spiro atoms. The molecule has 0 atom stereocenters. The monoisotopic (exact) mass is 172 g/mol. The standard InChI is InChI=1S/C6H5ClN2O2/c1-4(10)11-6-3-2-5(7)8-9-6/h2-3H,1H3. The van der Waals surface area contributed by atoms with Crippen molar-refractivity contribution in [2.45, 2.75) is 6.92 Å². The molecule has 0 aliphatic rings. The Kier molecular flexibility index (Phi) is 2.38. The molecule has 0 fully saturated rings. The molecule has 0 aliphatic carbocycles. The molecular formula is C6H5ClN2O2. The summed E-state index contributed by atoms with van der Waals surface area (Å²) in [5, 5.41) is 7.23. The molecule has 0 aliphatic heterocycles. The first kappa shape index (κ1) is 7.94. The maximum absolute atomic E-state index is 10.4. The van der Waals surface area contributed by atoms with E-state index in [2.05, 4.69) is 14.9 Å². The Balaban J connectivity index is 2.74. The lowest BCUT2D eigenvalue weighted by atomic mass is 10.6. The third kappa shape index (κ3) is 2.51. The Morgan fingerprint density at radius 1 is 1.55 bits per heavy atom. The summed E-state index contributed by atoms with van der Waals surface area (Å²) in [6.45, 7) is 1.29. The van der Waals surface area contributed by atoms with Crippen molar-refractivity contribution in [3.8, 4) is 5.88 Å². The highest BCUT2D eigenvalue weighted by Gasteiger charge is 1.98. The normalized spacial score (nSPS) is 9.27. The van der Waals surface area contributed by atoms with Crippen LogP contribution in [0.3, 0.4) is 0 Å². The average molecular weight is 173 g/mol. The number of hydrogen-bond acceptors (Lipinski definition) is 4. The molecule has 0 aromatic carbocycles. The van der Waals surface area contributed by atoms with E-state index in [9.17, 15) is 4.79 Å². The lowest BCUT2D eigenvalue weighted by Gasteiger charge is -1.96. The summed E-state index contributed by atoms with van der Waals surface area (Å²) in [5.41, 5.74) is 0. The van der Waals surface area contributed by atoms with Gasteiger partial charge in [-0.15, -0.1) is 10.2 Å². The van der Waals surface area contributed by atoms with Gasteiger partial charge in [0.15, 0.2) is 5.15 Å². The summed E-state index contributed by atoms with van der Waals surface area (Å²) in [7, 11) is 0. The SMILES string of the molecule is CC(=O)Oc1ccc(Cl)nn1. The van der Waals surface area contributed by atoms with Crippen LogP contribution in [0.25, 0.3) is 0 Å². The minimum atomic E-state index is -0.429. The quantitative estimate of drug-likeness (QED) is 0.595. The molecule has 0 saturated carbocycles. The van der Waals surface area contributed by atoms with Gasteiger partial charge in [0, 0.05) is 13.0 Å². The van der Waals surface area contributed by atoms with Crippen LogP contribution in [0.15, 0.2) is 12.1 Å². The van der Waals surface area contributed by atoms with Gasteiger partial charge in [-0.05, 0) is 6.07 Å². The molecule has 1 heterocycles. The molecule has 1 aromatic heterocycles. The van der Waals surface area contributed by atoms with Crippen LogP contribution < -0.4 is 4.74 Å². The van der Waals surface area contributed by atoms with Crippen LogP contribution in [-0.2, 0) is 4.79 Å². The van der Waals surface area contributed by atoms with Crippen molar-refractivity contribution in [2.75, 3.05) is 0 Å². The van der Waals surface area contributed by atoms with E-state index in [4.69, 9.17) is 11.6 Å². The number of halogens is 1. The first-order valence-electron chi connectivity index (χ1n) is 2.86. The molecule has 0 N–H and O–H groups in total. The molecule has 0 unspecified atom stereocenters. The Hall–Kier alpha value is -1.16. The van der Waals surface area contributed by atoms with Crippen molar-refractivity contribution in [3.63, 3.8) is 0 Å². The summed E-state index contributed by atoms with van der Waals surface area (Å²) >= 11 is 5.43. The average Bonchev–Trinajstić information content (AvgIpc) is 1.93. The lowest BCUT2D eigenvalue weighted by Crippen LogP contribution is -2.03. The molecule has 1 rings (SSSR count). The Labute approximate surface area is 68.1 Å². The Bertz CT molecular complexity index is 260. The van der Waals surface area contributed by atoms with Gasteiger partial charge in [-0.3, -0.25) is 4.79 Å². The fourth-order valence-electron chi connectivity index (χ4n) is 0.505. The topological polar surface area (TPSA) is 52.1 Å². The highest BCUT2D eigenvalue weighted by Crippen LogP contribution is 2.07. The number of carbonyl (C=O) groups excluding carboxylic acids is 1. The van der Waals surface area contributed by atoms with E-state index < -0.39 is 5.97 Å². The minimum Gasteiger partial charge on any atom is -0.406 e. The fraction of sp³-hybridized carbons (Fsp3) is 0.167. The predicted octanol–water partition coefficient (Wildman–Crippen LogP) is 1.06. The van der Waals surface area contributed by atoms with E-state index in [0.29, 0.717) is 0 Å². The summed E-state index contributed by atoms with van der Waals surface area (Å²) in [5.74, 6) is -0.275. The first-order valence-corrected chi connectivity index (χ1v) is 3.24. The van der Waals surface area contributed by atoms with Crippen LogP contribution in [-0.4, -0.2) is 16.2 Å². The maximum atomic E-state index is 10.4. The fourth-order valence-corrected chi connectivity index (χ4v) is 0.606. The van der Waals surface area contributed by atoms with E-state index in [0.717, 1.165) is 0 Å². The summed E-state index contributed by atoms with van der Waals surface area (Å²) < 4.78 is 4.60. The van der Waals surface area contributed by atoms with Crippen LogP contribution in [0.1, 0.15) is 6.92 Å². The van der Waals surface area contributed by atoms with Crippen molar-refractivity contribution in [2.24, 2.45) is 0 Å². The molecule has 4 nitrogen and oxygen atoms in total. The molecule has 58 valence electrons. The van der Waals surface area contributed by atoms with Gasteiger partial charge in [-0.1, -0.05) is 11.6 Å². The van der Waals surface area contributed by atoms with Gasteiger partial charge in [-0.25, -0.2) is 0 Å². The second-order valence-corrected chi connectivity index (χ2v) is 2.18. The number of hydrogen-bond donors (Lipinski definition) is 0. The second kappa shape index (κ2) is 3.30. The molecule has 11 heavy (non-hydrogen) atoms. The maximum Gasteiger partial charge on any atom is 0.309 e. The van der Waals surface area contributed by atoms with Gasteiger partial charge in [0.2, 0.25) is 5.88 Å². The van der Waals surface area contributed by atoms with Gasteiger partial charge in [-0.2, -0.15) is 0 Å². The Morgan fingerprint density at radius 2 is 2.27 bits per heavy atom. The van der Waals surface area contributed by atoms with Gasteiger partial charge in [0.25, 0.3) is 0 Å². The number of aromatic nitrogens is 2. The van der Waals surface area contributed by atoms with Crippen molar-refractivity contribution >= 4 is 17.6 Å². The molecule has 5 heteroatoms. The largest absolute Gasteiger partial charge is 0.406 e. The Morgan fingerprint density at radius 3 is 2.73 bits per heavy atom. The summed E-state index contributed by atoms with van der Waals surface area (Å²) in [4.78, 5) is 10.4. The zero-order valence-corrected chi connectivity index (χ0v) is 6.50. The zero-order valence-electron chi connectivity index (χ0n) is 5.74. The number of ether oxygens (including phenoxy) is 1. The summed E-state index contributed by atoms with van der Waals surface area (Å²) in [6, 6.07) is 2.96. The van der Waals surface area contributed by atoms with Crippen LogP contribution in [0.4, 0.5) is 0 Å². The molecule has 0 radical (unpaired) electrons. The molecule has 0 bridgehead atoms. The lowest BCUT2D eigenvalue weighted by molar-refractivity contribution is -0.132. The smallest absolute Gasteiger partial charge is 0.309 e. The predicted molar refractivity (Wildman–Crippen MR) is 38.4 cm³/mol. The van der Waals surface area contributed by atoms with Crippen molar-refractivity contribution < 1.29 is 9.53 Å². The van der Waals surface area contributed by atoms with Gasteiger partial charge < -0.3 is 4.74 Å². The van der Waals surface area contributed by atoms with E-state index in [1.807, 2.05) is 0 Å². The third-order valence-electron chi connectivity index (χ3n) is 0.856. The third-order valence-corrected chi connectivity index (χ3v) is 1.06. The number of nitrogens with zero attached hydrogens (tertiary/aromatic N) is 2. The van der Waals surface area contributed by atoms with E-state index in [1.54, 1.807) is 0 Å². The van der Waals surface area contributed by atoms with Crippen molar-refractivity contribution in [1.82, 2.24) is 10.2 Å².